The van der Waals surface area contributed by atoms with E-state index in [1.54, 1.807) is 19.1 Å². The van der Waals surface area contributed by atoms with Crippen molar-refractivity contribution in [3.63, 3.8) is 0 Å². The Morgan fingerprint density at radius 1 is 1.53 bits per heavy atom. The Morgan fingerprint density at radius 3 is 2.79 bits per heavy atom. The molecule has 0 aliphatic heterocycles. The Kier molecular flexibility index (Phi) is 3.74. The summed E-state index contributed by atoms with van der Waals surface area (Å²) in [5.74, 6) is 0.261. The SMILES string of the molecule is C=C(C)c1cc(OC2CC(NC(=O)O)C2)ccc1F. The van der Waals surface area contributed by atoms with Crippen molar-refractivity contribution in [2.45, 2.75) is 31.9 Å². The summed E-state index contributed by atoms with van der Waals surface area (Å²) in [7, 11) is 0. The van der Waals surface area contributed by atoms with E-state index in [4.69, 9.17) is 9.84 Å². The average molecular weight is 265 g/mol. The minimum Gasteiger partial charge on any atom is -0.490 e. The van der Waals surface area contributed by atoms with Crippen molar-refractivity contribution in [3.05, 3.63) is 36.2 Å². The Labute approximate surface area is 110 Å². The molecule has 2 N–H and O–H groups in total. The second kappa shape index (κ2) is 5.30. The number of hydrogen-bond donors (Lipinski definition) is 2. The van der Waals surface area contributed by atoms with Crippen LogP contribution in [0.2, 0.25) is 0 Å². The molecule has 19 heavy (non-hydrogen) atoms. The maximum atomic E-state index is 13.5. The third kappa shape index (κ3) is 3.24. The van der Waals surface area contributed by atoms with Gasteiger partial charge >= 0.3 is 6.09 Å². The Hall–Kier alpha value is -2.04. The minimum absolute atomic E-state index is 0.0275. The lowest BCUT2D eigenvalue weighted by molar-refractivity contribution is 0.0833. The Morgan fingerprint density at radius 2 is 2.21 bits per heavy atom. The molecule has 1 fully saturated rings. The lowest BCUT2D eigenvalue weighted by atomic mass is 9.89. The molecule has 5 heteroatoms. The molecule has 0 bridgehead atoms. The maximum absolute atomic E-state index is 13.5. The van der Waals surface area contributed by atoms with Crippen LogP contribution in [0.25, 0.3) is 5.57 Å². The number of carboxylic acid groups (broad SMARTS) is 1. The smallest absolute Gasteiger partial charge is 0.404 e. The van der Waals surface area contributed by atoms with Crippen molar-refractivity contribution in [1.82, 2.24) is 5.32 Å². The Balaban J connectivity index is 1.93. The summed E-state index contributed by atoms with van der Waals surface area (Å²) in [6.45, 7) is 5.45. The lowest BCUT2D eigenvalue weighted by Crippen LogP contribution is -2.48. The third-order valence-corrected chi connectivity index (χ3v) is 3.12. The number of rotatable bonds is 4. The van der Waals surface area contributed by atoms with Gasteiger partial charge in [-0.15, -0.1) is 0 Å². The van der Waals surface area contributed by atoms with Gasteiger partial charge < -0.3 is 15.2 Å². The summed E-state index contributed by atoms with van der Waals surface area (Å²) < 4.78 is 19.1. The first-order chi connectivity index (χ1) is 8.95. The second-order valence-electron chi connectivity index (χ2n) is 4.78. The van der Waals surface area contributed by atoms with Crippen LogP contribution in [0.3, 0.4) is 0 Å². The van der Waals surface area contributed by atoms with Gasteiger partial charge in [-0.1, -0.05) is 6.58 Å². The summed E-state index contributed by atoms with van der Waals surface area (Å²) in [6.07, 6.45) is 0.216. The van der Waals surface area contributed by atoms with Crippen molar-refractivity contribution in [1.29, 1.82) is 0 Å². The standard InChI is InChI=1S/C14H16FNO3/c1-8(2)12-7-10(3-4-13(12)15)19-11-5-9(6-11)16-14(17)18/h3-4,7,9,11,16H,1,5-6H2,2H3,(H,17,18). The molecule has 0 atom stereocenters. The highest BCUT2D eigenvalue weighted by Gasteiger charge is 2.32. The summed E-state index contributed by atoms with van der Waals surface area (Å²) in [5.41, 5.74) is 1.08. The van der Waals surface area contributed by atoms with E-state index in [1.165, 1.54) is 6.07 Å². The number of hydrogen-bond acceptors (Lipinski definition) is 2. The molecule has 0 heterocycles. The van der Waals surface area contributed by atoms with Gasteiger partial charge in [0.2, 0.25) is 0 Å². The summed E-state index contributed by atoms with van der Waals surface area (Å²) >= 11 is 0. The molecule has 1 aromatic rings. The van der Waals surface area contributed by atoms with Crippen LogP contribution < -0.4 is 10.1 Å². The molecule has 0 aromatic heterocycles. The largest absolute Gasteiger partial charge is 0.490 e. The van der Waals surface area contributed by atoms with E-state index in [0.717, 1.165) is 0 Å². The van der Waals surface area contributed by atoms with Crippen molar-refractivity contribution in [3.8, 4) is 5.75 Å². The van der Waals surface area contributed by atoms with Crippen LogP contribution in [-0.2, 0) is 0 Å². The van der Waals surface area contributed by atoms with E-state index in [2.05, 4.69) is 11.9 Å². The summed E-state index contributed by atoms with van der Waals surface area (Å²) in [6, 6.07) is 4.49. The van der Waals surface area contributed by atoms with Gasteiger partial charge in [0.25, 0.3) is 0 Å². The minimum atomic E-state index is -1.02. The van der Waals surface area contributed by atoms with Crippen LogP contribution in [0.4, 0.5) is 9.18 Å². The first-order valence-electron chi connectivity index (χ1n) is 6.07. The molecule has 1 amide bonds. The molecule has 2 rings (SSSR count). The van der Waals surface area contributed by atoms with Crippen molar-refractivity contribution >= 4 is 11.7 Å². The zero-order valence-electron chi connectivity index (χ0n) is 10.6. The molecule has 4 nitrogen and oxygen atoms in total. The Bertz CT molecular complexity index is 509. The van der Waals surface area contributed by atoms with E-state index in [1.807, 2.05) is 0 Å². The fourth-order valence-corrected chi connectivity index (χ4v) is 2.05. The summed E-state index contributed by atoms with van der Waals surface area (Å²) in [5, 5.41) is 10.9. The molecular formula is C14H16FNO3. The highest BCUT2D eigenvalue weighted by atomic mass is 19.1. The molecule has 1 aliphatic carbocycles. The number of allylic oxidation sites excluding steroid dienone is 1. The first-order valence-corrected chi connectivity index (χ1v) is 6.07. The van der Waals surface area contributed by atoms with Crippen molar-refractivity contribution < 1.29 is 19.0 Å². The van der Waals surface area contributed by atoms with E-state index >= 15 is 0 Å². The van der Waals surface area contributed by atoms with Crippen LogP contribution in [0.1, 0.15) is 25.3 Å². The van der Waals surface area contributed by atoms with Gasteiger partial charge in [-0.2, -0.15) is 0 Å². The highest BCUT2D eigenvalue weighted by Crippen LogP contribution is 2.28. The van der Waals surface area contributed by atoms with E-state index < -0.39 is 6.09 Å². The third-order valence-electron chi connectivity index (χ3n) is 3.12. The number of carbonyl (C=O) groups is 1. The monoisotopic (exact) mass is 265 g/mol. The number of amides is 1. The van der Waals surface area contributed by atoms with Crippen LogP contribution in [0.5, 0.6) is 5.75 Å². The average Bonchev–Trinajstić information content (AvgIpc) is 2.27. The summed E-state index contributed by atoms with van der Waals surface area (Å²) in [4.78, 5) is 10.4. The molecule has 1 aromatic carbocycles. The van der Waals surface area contributed by atoms with Crippen molar-refractivity contribution in [2.24, 2.45) is 0 Å². The molecule has 102 valence electrons. The molecule has 1 saturated carbocycles. The quantitative estimate of drug-likeness (QED) is 0.879. The highest BCUT2D eigenvalue weighted by molar-refractivity contribution is 5.65. The fourth-order valence-electron chi connectivity index (χ4n) is 2.05. The van der Waals surface area contributed by atoms with Gasteiger partial charge in [0.15, 0.2) is 0 Å². The van der Waals surface area contributed by atoms with Gasteiger partial charge in [0, 0.05) is 24.4 Å². The van der Waals surface area contributed by atoms with Gasteiger partial charge in [-0.25, -0.2) is 9.18 Å². The van der Waals surface area contributed by atoms with Crippen LogP contribution in [-0.4, -0.2) is 23.3 Å². The lowest BCUT2D eigenvalue weighted by Gasteiger charge is -2.35. The van der Waals surface area contributed by atoms with Gasteiger partial charge in [-0.3, -0.25) is 0 Å². The van der Waals surface area contributed by atoms with Gasteiger partial charge in [0.1, 0.15) is 17.7 Å². The molecule has 0 unspecified atom stereocenters. The number of benzene rings is 1. The molecule has 0 saturated heterocycles. The van der Waals surface area contributed by atoms with Crippen LogP contribution in [0.15, 0.2) is 24.8 Å². The zero-order valence-corrected chi connectivity index (χ0v) is 10.6. The number of halogens is 1. The molecule has 0 spiro atoms. The van der Waals surface area contributed by atoms with E-state index in [-0.39, 0.29) is 18.0 Å². The maximum Gasteiger partial charge on any atom is 0.404 e. The second-order valence-corrected chi connectivity index (χ2v) is 4.78. The van der Waals surface area contributed by atoms with Gasteiger partial charge in [-0.05, 0) is 30.7 Å². The predicted octanol–water partition coefficient (Wildman–Crippen LogP) is 3.04. The molecular weight excluding hydrogens is 249 g/mol. The molecule has 1 aliphatic rings. The van der Waals surface area contributed by atoms with E-state index in [0.29, 0.717) is 29.7 Å². The topological polar surface area (TPSA) is 58.6 Å². The van der Waals surface area contributed by atoms with Crippen LogP contribution in [0, 0.1) is 5.82 Å². The first kappa shape index (κ1) is 13.4. The normalized spacial score (nSPS) is 21.4. The predicted molar refractivity (Wildman–Crippen MR) is 69.7 cm³/mol. The van der Waals surface area contributed by atoms with E-state index in [9.17, 15) is 9.18 Å². The van der Waals surface area contributed by atoms with Crippen LogP contribution >= 0.6 is 0 Å². The van der Waals surface area contributed by atoms with Crippen molar-refractivity contribution in [2.75, 3.05) is 0 Å². The van der Waals surface area contributed by atoms with Gasteiger partial charge in [0.05, 0.1) is 0 Å². The fraction of sp³-hybridized carbons (Fsp3) is 0.357. The number of nitrogens with one attached hydrogen (secondary N) is 1. The zero-order chi connectivity index (χ0) is 14.0. The molecule has 0 radical (unpaired) electrons. The number of ether oxygens (including phenoxy) is 1.